The number of esters is 3. The molecule has 1 unspecified atom stereocenters. The lowest BCUT2D eigenvalue weighted by Gasteiger charge is -2.18. The molecule has 0 aliphatic rings. The van der Waals surface area contributed by atoms with Crippen LogP contribution >= 0.6 is 0 Å². The van der Waals surface area contributed by atoms with Crippen molar-refractivity contribution in [3.05, 3.63) is 60.8 Å². The normalized spacial score (nSPS) is 12.5. The number of ether oxygens (including phenoxy) is 3. The Morgan fingerprint density at radius 2 is 0.600 bits per heavy atom. The second-order valence-electron chi connectivity index (χ2n) is 18.5. The molecule has 0 saturated carbocycles. The summed E-state index contributed by atoms with van der Waals surface area (Å²) in [6, 6.07) is 0. The van der Waals surface area contributed by atoms with E-state index in [0.717, 1.165) is 103 Å². The molecule has 0 rings (SSSR count). The molecule has 0 amide bonds. The van der Waals surface area contributed by atoms with E-state index in [1.54, 1.807) is 0 Å². The topological polar surface area (TPSA) is 78.9 Å². The van der Waals surface area contributed by atoms with E-state index < -0.39 is 6.10 Å². The molecule has 0 aromatic rings. The minimum absolute atomic E-state index is 0.0845. The summed E-state index contributed by atoms with van der Waals surface area (Å²) in [5.74, 6) is -0.908. The molecule has 65 heavy (non-hydrogen) atoms. The van der Waals surface area contributed by atoms with Crippen LogP contribution in [0.25, 0.3) is 0 Å². The molecule has 0 aromatic heterocycles. The molecular weight excluding hydrogens is 805 g/mol. The molecule has 0 radical (unpaired) electrons. The molecule has 0 N–H and O–H groups in total. The third kappa shape index (κ3) is 51.9. The number of unbranched alkanes of at least 4 members (excludes halogenated alkanes) is 29. The quantitative estimate of drug-likeness (QED) is 0.0262. The fourth-order valence-corrected chi connectivity index (χ4v) is 7.84. The van der Waals surface area contributed by atoms with Crippen LogP contribution in [0.5, 0.6) is 0 Å². The lowest BCUT2D eigenvalue weighted by molar-refractivity contribution is -0.167. The second-order valence-corrected chi connectivity index (χ2v) is 18.5. The molecule has 0 spiro atoms. The zero-order valence-electron chi connectivity index (χ0n) is 43.0. The van der Waals surface area contributed by atoms with Crippen molar-refractivity contribution < 1.29 is 28.6 Å². The lowest BCUT2D eigenvalue weighted by Crippen LogP contribution is -2.30. The van der Waals surface area contributed by atoms with Crippen molar-refractivity contribution >= 4 is 17.9 Å². The predicted molar refractivity (Wildman–Crippen MR) is 279 cm³/mol. The van der Waals surface area contributed by atoms with Crippen LogP contribution in [0, 0.1) is 0 Å². The summed E-state index contributed by atoms with van der Waals surface area (Å²) in [5.41, 5.74) is 0. The first-order chi connectivity index (χ1) is 32.0. The van der Waals surface area contributed by atoms with Gasteiger partial charge in [-0.15, -0.1) is 0 Å². The summed E-state index contributed by atoms with van der Waals surface area (Å²) in [6.07, 6.45) is 66.4. The average molecular weight is 909 g/mol. The number of carbonyl (C=O) groups excluding carboxylic acids is 3. The van der Waals surface area contributed by atoms with Crippen LogP contribution < -0.4 is 0 Å². The highest BCUT2D eigenvalue weighted by molar-refractivity contribution is 5.71. The van der Waals surface area contributed by atoms with E-state index in [9.17, 15) is 14.4 Å². The molecule has 0 saturated heterocycles. The fourth-order valence-electron chi connectivity index (χ4n) is 7.84. The first-order valence-corrected chi connectivity index (χ1v) is 27.8. The fraction of sp³-hybridized carbons (Fsp3) is 0.780. The van der Waals surface area contributed by atoms with Crippen LogP contribution in [0.1, 0.15) is 278 Å². The molecule has 0 fully saturated rings. The van der Waals surface area contributed by atoms with Crippen molar-refractivity contribution in [1.29, 1.82) is 0 Å². The average Bonchev–Trinajstić information content (AvgIpc) is 3.30. The van der Waals surface area contributed by atoms with Gasteiger partial charge in [-0.2, -0.15) is 0 Å². The lowest BCUT2D eigenvalue weighted by atomic mass is 10.0. The zero-order valence-corrected chi connectivity index (χ0v) is 43.0. The Labute approximate surface area is 402 Å². The molecule has 0 aromatic carbocycles. The van der Waals surface area contributed by atoms with Gasteiger partial charge in [-0.1, -0.05) is 236 Å². The van der Waals surface area contributed by atoms with Gasteiger partial charge in [0.15, 0.2) is 6.10 Å². The van der Waals surface area contributed by atoms with Crippen molar-refractivity contribution in [1.82, 2.24) is 0 Å². The molecule has 0 aliphatic heterocycles. The Bertz CT molecular complexity index is 1180. The third-order valence-corrected chi connectivity index (χ3v) is 12.0. The summed E-state index contributed by atoms with van der Waals surface area (Å²) in [5, 5.41) is 0. The Hall–Kier alpha value is -2.89. The van der Waals surface area contributed by atoms with Crippen LogP contribution in [-0.4, -0.2) is 37.2 Å². The van der Waals surface area contributed by atoms with Crippen LogP contribution in [0.2, 0.25) is 0 Å². The van der Waals surface area contributed by atoms with Gasteiger partial charge in [0.05, 0.1) is 0 Å². The van der Waals surface area contributed by atoms with E-state index in [1.807, 2.05) is 0 Å². The van der Waals surface area contributed by atoms with Crippen LogP contribution in [0.15, 0.2) is 60.8 Å². The van der Waals surface area contributed by atoms with Crippen molar-refractivity contribution in [2.24, 2.45) is 0 Å². The summed E-state index contributed by atoms with van der Waals surface area (Å²) >= 11 is 0. The minimum atomic E-state index is -0.788. The summed E-state index contributed by atoms with van der Waals surface area (Å²) in [7, 11) is 0. The summed E-state index contributed by atoms with van der Waals surface area (Å²) in [6.45, 7) is 6.50. The number of hydrogen-bond donors (Lipinski definition) is 0. The first kappa shape index (κ1) is 62.1. The van der Waals surface area contributed by atoms with Gasteiger partial charge in [0.25, 0.3) is 0 Å². The SMILES string of the molecule is CC/C=C\C/C=C\C/C=C\C/C=C\CCCCCCC(=O)OC(COC(=O)CCCCCCC/C=C\CCCCC)COC(=O)CCCCCCCCCCCCCCCCCCCC. The molecule has 0 aliphatic carbocycles. The minimum Gasteiger partial charge on any atom is -0.462 e. The molecule has 376 valence electrons. The summed E-state index contributed by atoms with van der Waals surface area (Å²) < 4.78 is 16.8. The van der Waals surface area contributed by atoms with Gasteiger partial charge >= 0.3 is 17.9 Å². The van der Waals surface area contributed by atoms with Gasteiger partial charge < -0.3 is 14.2 Å². The van der Waals surface area contributed by atoms with Crippen LogP contribution in [0.3, 0.4) is 0 Å². The van der Waals surface area contributed by atoms with Gasteiger partial charge in [0.1, 0.15) is 13.2 Å². The van der Waals surface area contributed by atoms with Crippen molar-refractivity contribution in [2.45, 2.75) is 284 Å². The van der Waals surface area contributed by atoms with Gasteiger partial charge in [-0.3, -0.25) is 14.4 Å². The maximum absolute atomic E-state index is 12.8. The highest BCUT2D eigenvalue weighted by Gasteiger charge is 2.19. The Morgan fingerprint density at radius 3 is 0.985 bits per heavy atom. The largest absolute Gasteiger partial charge is 0.462 e. The molecule has 0 heterocycles. The van der Waals surface area contributed by atoms with E-state index in [-0.39, 0.29) is 31.1 Å². The standard InChI is InChI=1S/C59H104O6/c1-4-7-10-13-16-19-22-25-27-29-31-32-34-37-40-43-46-49-52-58(61)64-55-56(54-63-57(60)51-48-45-42-39-36-24-21-18-15-12-9-6-3)65-59(62)53-50-47-44-41-38-35-33-30-28-26-23-20-17-14-11-8-5-2/h8,11,17-18,20-21,26,28,33,35,56H,4-7,9-10,12-16,19,22-25,27,29-32,34,36-55H2,1-3H3/b11-8-,20-17-,21-18-,28-26-,35-33-. The van der Waals surface area contributed by atoms with E-state index in [0.29, 0.717) is 19.3 Å². The monoisotopic (exact) mass is 909 g/mol. The smallest absolute Gasteiger partial charge is 0.306 e. The van der Waals surface area contributed by atoms with Crippen LogP contribution in [-0.2, 0) is 28.6 Å². The zero-order chi connectivity index (χ0) is 47.2. The van der Waals surface area contributed by atoms with Crippen molar-refractivity contribution in [2.75, 3.05) is 13.2 Å². The highest BCUT2D eigenvalue weighted by atomic mass is 16.6. The van der Waals surface area contributed by atoms with Gasteiger partial charge in [-0.05, 0) is 83.5 Å². The Morgan fingerprint density at radius 1 is 0.323 bits per heavy atom. The summed E-state index contributed by atoms with van der Waals surface area (Å²) in [4.78, 5) is 38.1. The van der Waals surface area contributed by atoms with Crippen LogP contribution in [0.4, 0.5) is 0 Å². The van der Waals surface area contributed by atoms with Gasteiger partial charge in [0, 0.05) is 19.3 Å². The maximum atomic E-state index is 12.8. The second kappa shape index (κ2) is 53.7. The van der Waals surface area contributed by atoms with E-state index >= 15 is 0 Å². The van der Waals surface area contributed by atoms with Gasteiger partial charge in [0.2, 0.25) is 0 Å². The molecule has 6 nitrogen and oxygen atoms in total. The molecule has 1 atom stereocenters. The molecule has 0 bridgehead atoms. The molecule has 6 heteroatoms. The number of allylic oxidation sites excluding steroid dienone is 10. The third-order valence-electron chi connectivity index (χ3n) is 12.0. The first-order valence-electron chi connectivity index (χ1n) is 27.8. The number of rotatable bonds is 50. The van der Waals surface area contributed by atoms with E-state index in [1.165, 1.54) is 135 Å². The Kier molecular flexibility index (Phi) is 51.3. The molecular formula is C59H104O6. The highest BCUT2D eigenvalue weighted by Crippen LogP contribution is 2.16. The number of carbonyl (C=O) groups is 3. The maximum Gasteiger partial charge on any atom is 0.306 e. The van der Waals surface area contributed by atoms with E-state index in [2.05, 4.69) is 81.5 Å². The van der Waals surface area contributed by atoms with Gasteiger partial charge in [-0.25, -0.2) is 0 Å². The van der Waals surface area contributed by atoms with Crippen molar-refractivity contribution in [3.63, 3.8) is 0 Å². The van der Waals surface area contributed by atoms with E-state index in [4.69, 9.17) is 14.2 Å². The number of hydrogen-bond acceptors (Lipinski definition) is 6. The van der Waals surface area contributed by atoms with Crippen molar-refractivity contribution in [3.8, 4) is 0 Å². The predicted octanol–water partition coefficient (Wildman–Crippen LogP) is 18.4. The Balaban J connectivity index is 4.38.